The molecule has 0 amide bonds. The van der Waals surface area contributed by atoms with Crippen molar-refractivity contribution < 1.29 is 5.11 Å². The maximum Gasteiger partial charge on any atom is 0.109 e. The molecule has 3 rings (SSSR count). The molecule has 1 aromatic heterocycles. The van der Waals surface area contributed by atoms with Gasteiger partial charge in [0.25, 0.3) is 0 Å². The quantitative estimate of drug-likeness (QED) is 0.822. The van der Waals surface area contributed by atoms with Gasteiger partial charge in [-0.2, -0.15) is 0 Å². The minimum absolute atomic E-state index is 0.178. The van der Waals surface area contributed by atoms with Crippen LogP contribution in [0.4, 0.5) is 0 Å². The lowest BCUT2D eigenvalue weighted by Crippen LogP contribution is -2.47. The molecule has 1 aromatic carbocycles. The van der Waals surface area contributed by atoms with Crippen LogP contribution in [0.3, 0.4) is 0 Å². The molecule has 0 aliphatic heterocycles. The highest BCUT2D eigenvalue weighted by molar-refractivity contribution is 5.75. The van der Waals surface area contributed by atoms with Crippen LogP contribution in [0.5, 0.6) is 0 Å². The van der Waals surface area contributed by atoms with Crippen LogP contribution < -0.4 is 5.32 Å². The molecule has 0 saturated heterocycles. The van der Waals surface area contributed by atoms with Gasteiger partial charge in [0.15, 0.2) is 0 Å². The summed E-state index contributed by atoms with van der Waals surface area (Å²) in [7, 11) is 0. The van der Waals surface area contributed by atoms with E-state index in [9.17, 15) is 5.11 Å². The van der Waals surface area contributed by atoms with E-state index in [0.717, 1.165) is 30.7 Å². The molecular weight excluding hydrogens is 262 g/mol. The molecular formula is C17H25N3O. The first kappa shape index (κ1) is 14.5. The predicted octanol–water partition coefficient (Wildman–Crippen LogP) is 2.49. The predicted molar refractivity (Wildman–Crippen MR) is 85.4 cm³/mol. The summed E-state index contributed by atoms with van der Waals surface area (Å²) in [5.41, 5.74) is 2.06. The highest BCUT2D eigenvalue weighted by atomic mass is 16.3. The third-order valence-corrected chi connectivity index (χ3v) is 4.42. The van der Waals surface area contributed by atoms with Crippen LogP contribution in [0, 0.1) is 0 Å². The zero-order valence-corrected chi connectivity index (χ0v) is 13.0. The van der Waals surface area contributed by atoms with Crippen LogP contribution in [-0.4, -0.2) is 32.8 Å². The molecule has 1 heterocycles. The molecule has 0 bridgehead atoms. The molecule has 114 valence electrons. The molecule has 2 N–H and O–H groups in total. The molecule has 4 heteroatoms. The van der Waals surface area contributed by atoms with Crippen LogP contribution in [0.15, 0.2) is 24.3 Å². The van der Waals surface area contributed by atoms with E-state index < -0.39 is 0 Å². The van der Waals surface area contributed by atoms with Gasteiger partial charge in [0.1, 0.15) is 5.82 Å². The zero-order chi connectivity index (χ0) is 14.9. The summed E-state index contributed by atoms with van der Waals surface area (Å²) in [5, 5.41) is 13.3. The number of aryl methyl sites for hydroxylation is 2. The Morgan fingerprint density at radius 3 is 2.81 bits per heavy atom. The van der Waals surface area contributed by atoms with E-state index in [2.05, 4.69) is 41.9 Å². The van der Waals surface area contributed by atoms with Gasteiger partial charge in [0.2, 0.25) is 0 Å². The zero-order valence-electron chi connectivity index (χ0n) is 13.0. The summed E-state index contributed by atoms with van der Waals surface area (Å²) in [5.74, 6) is 1.13. The Morgan fingerprint density at radius 1 is 1.38 bits per heavy atom. The van der Waals surface area contributed by atoms with Crippen molar-refractivity contribution in [2.75, 3.05) is 6.61 Å². The minimum atomic E-state index is -0.197. The Morgan fingerprint density at radius 2 is 2.14 bits per heavy atom. The van der Waals surface area contributed by atoms with Crippen LogP contribution in [0.25, 0.3) is 11.0 Å². The molecule has 1 aliphatic rings. The normalized spacial score (nSPS) is 18.0. The SMILES string of the molecule is CCc1nc2ccccc2n1CCC(C)(CO)NC1CC1. The summed E-state index contributed by atoms with van der Waals surface area (Å²) < 4.78 is 2.30. The monoisotopic (exact) mass is 287 g/mol. The summed E-state index contributed by atoms with van der Waals surface area (Å²) in [6.07, 6.45) is 4.32. The van der Waals surface area contributed by atoms with E-state index in [-0.39, 0.29) is 12.1 Å². The molecule has 1 aliphatic carbocycles. The number of aromatic nitrogens is 2. The Bertz CT molecular complexity index is 618. The number of imidazole rings is 1. The molecule has 1 atom stereocenters. The number of fused-ring (bicyclic) bond motifs is 1. The van der Waals surface area contributed by atoms with Gasteiger partial charge in [0.05, 0.1) is 17.6 Å². The van der Waals surface area contributed by atoms with E-state index in [1.165, 1.54) is 18.4 Å². The number of nitrogens with one attached hydrogen (secondary N) is 1. The first-order valence-electron chi connectivity index (χ1n) is 7.98. The lowest BCUT2D eigenvalue weighted by Gasteiger charge is -2.29. The number of aliphatic hydroxyl groups is 1. The average Bonchev–Trinajstić information content (AvgIpc) is 3.23. The summed E-state index contributed by atoms with van der Waals surface area (Å²) >= 11 is 0. The second-order valence-electron chi connectivity index (χ2n) is 6.41. The first-order valence-corrected chi connectivity index (χ1v) is 7.98. The number of benzene rings is 1. The molecule has 1 fully saturated rings. The van der Waals surface area contributed by atoms with Gasteiger partial charge in [0, 0.05) is 24.5 Å². The Kier molecular flexibility index (Phi) is 4.00. The second-order valence-corrected chi connectivity index (χ2v) is 6.41. The Hall–Kier alpha value is -1.39. The molecule has 1 saturated carbocycles. The van der Waals surface area contributed by atoms with Crippen LogP contribution >= 0.6 is 0 Å². The van der Waals surface area contributed by atoms with Gasteiger partial charge < -0.3 is 15.0 Å². The maximum atomic E-state index is 9.74. The second kappa shape index (κ2) is 5.78. The largest absolute Gasteiger partial charge is 0.394 e. The van der Waals surface area contributed by atoms with E-state index >= 15 is 0 Å². The van der Waals surface area contributed by atoms with Crippen LogP contribution in [0.2, 0.25) is 0 Å². The van der Waals surface area contributed by atoms with Crippen LogP contribution in [0.1, 0.15) is 38.9 Å². The highest BCUT2D eigenvalue weighted by Crippen LogP contribution is 2.25. The molecule has 1 unspecified atom stereocenters. The standard InChI is InChI=1S/C17H25N3O/c1-3-16-18-14-6-4-5-7-15(14)20(16)11-10-17(2,12-21)19-13-8-9-13/h4-7,13,19,21H,3,8-12H2,1-2H3. The lowest BCUT2D eigenvalue weighted by molar-refractivity contribution is 0.159. The fourth-order valence-electron chi connectivity index (χ4n) is 2.92. The van der Waals surface area contributed by atoms with Crippen molar-refractivity contribution in [3.8, 4) is 0 Å². The van der Waals surface area contributed by atoms with Crippen molar-refractivity contribution in [2.24, 2.45) is 0 Å². The van der Waals surface area contributed by atoms with Gasteiger partial charge in [-0.3, -0.25) is 0 Å². The van der Waals surface area contributed by atoms with E-state index in [1.54, 1.807) is 0 Å². The van der Waals surface area contributed by atoms with Crippen molar-refractivity contribution in [3.05, 3.63) is 30.1 Å². The summed E-state index contributed by atoms with van der Waals surface area (Å²) in [6, 6.07) is 8.90. The van der Waals surface area contributed by atoms with Gasteiger partial charge in [-0.05, 0) is 38.3 Å². The highest BCUT2D eigenvalue weighted by Gasteiger charge is 2.31. The summed E-state index contributed by atoms with van der Waals surface area (Å²) in [4.78, 5) is 4.71. The molecule has 4 nitrogen and oxygen atoms in total. The average molecular weight is 287 g/mol. The topological polar surface area (TPSA) is 50.1 Å². The van der Waals surface area contributed by atoms with Gasteiger partial charge in [-0.1, -0.05) is 19.1 Å². The van der Waals surface area contributed by atoms with Crippen LogP contribution in [-0.2, 0) is 13.0 Å². The maximum absolute atomic E-state index is 9.74. The van der Waals surface area contributed by atoms with E-state index in [0.29, 0.717) is 6.04 Å². The lowest BCUT2D eigenvalue weighted by atomic mass is 9.98. The smallest absolute Gasteiger partial charge is 0.109 e. The number of hydrogen-bond donors (Lipinski definition) is 2. The van der Waals surface area contributed by atoms with Gasteiger partial charge in [-0.15, -0.1) is 0 Å². The Balaban J connectivity index is 1.80. The van der Waals surface area contributed by atoms with Gasteiger partial charge >= 0.3 is 0 Å². The van der Waals surface area contributed by atoms with Crippen molar-refractivity contribution in [2.45, 2.75) is 57.7 Å². The van der Waals surface area contributed by atoms with Crippen molar-refractivity contribution in [1.29, 1.82) is 0 Å². The third kappa shape index (κ3) is 3.11. The van der Waals surface area contributed by atoms with Gasteiger partial charge in [-0.25, -0.2) is 4.98 Å². The molecule has 2 aromatic rings. The van der Waals surface area contributed by atoms with E-state index in [4.69, 9.17) is 4.98 Å². The molecule has 0 radical (unpaired) electrons. The fraction of sp³-hybridized carbons (Fsp3) is 0.588. The number of para-hydroxylation sites is 2. The van der Waals surface area contributed by atoms with Crippen molar-refractivity contribution in [3.63, 3.8) is 0 Å². The minimum Gasteiger partial charge on any atom is -0.394 e. The Labute approximate surface area is 126 Å². The van der Waals surface area contributed by atoms with Crippen molar-refractivity contribution >= 4 is 11.0 Å². The molecule has 21 heavy (non-hydrogen) atoms. The number of aliphatic hydroxyl groups excluding tert-OH is 1. The summed E-state index contributed by atoms with van der Waals surface area (Å²) in [6.45, 7) is 5.33. The first-order chi connectivity index (χ1) is 10.1. The number of hydrogen-bond acceptors (Lipinski definition) is 3. The molecule has 0 spiro atoms. The van der Waals surface area contributed by atoms with E-state index in [1.807, 2.05) is 6.07 Å². The third-order valence-electron chi connectivity index (χ3n) is 4.42. The number of rotatable bonds is 7. The van der Waals surface area contributed by atoms with Crippen molar-refractivity contribution in [1.82, 2.24) is 14.9 Å². The fourth-order valence-corrected chi connectivity index (χ4v) is 2.92. The number of nitrogens with zero attached hydrogens (tertiary/aromatic N) is 2.